The van der Waals surface area contributed by atoms with Crippen molar-refractivity contribution in [2.45, 2.75) is 25.2 Å². The summed E-state index contributed by atoms with van der Waals surface area (Å²) in [6.07, 6.45) is 1.03. The van der Waals surface area contributed by atoms with Gasteiger partial charge in [0, 0.05) is 21.6 Å². The van der Waals surface area contributed by atoms with Crippen LogP contribution in [0.4, 0.5) is 0 Å². The third-order valence-electron chi connectivity index (χ3n) is 2.51. The minimum absolute atomic E-state index is 0.686. The van der Waals surface area contributed by atoms with Gasteiger partial charge in [-0.25, -0.2) is 0 Å². The van der Waals surface area contributed by atoms with Crippen molar-refractivity contribution in [1.29, 1.82) is 0 Å². The van der Waals surface area contributed by atoms with Gasteiger partial charge in [-0.2, -0.15) is 0 Å². The van der Waals surface area contributed by atoms with E-state index in [4.69, 9.17) is 11.6 Å². The maximum absolute atomic E-state index is 6.07. The number of alkyl halides is 1. The molecule has 0 saturated carbocycles. The Bertz CT molecular complexity index is 534. The van der Waals surface area contributed by atoms with Crippen molar-refractivity contribution in [3.05, 3.63) is 33.5 Å². The van der Waals surface area contributed by atoms with Crippen LogP contribution in [0.2, 0.25) is 5.02 Å². The van der Waals surface area contributed by atoms with Crippen LogP contribution in [0.25, 0.3) is 11.4 Å². The molecule has 0 aliphatic heterocycles. The van der Waals surface area contributed by atoms with Gasteiger partial charge in [-0.05, 0) is 24.6 Å². The average Bonchev–Trinajstić information content (AvgIpc) is 2.71. The SMILES string of the molecule is CCCn1c(CBr)nnc1-c1cc(Cl)cc(Br)c1. The van der Waals surface area contributed by atoms with Crippen LogP contribution in [0.3, 0.4) is 0 Å². The van der Waals surface area contributed by atoms with E-state index in [1.165, 1.54) is 0 Å². The Balaban J connectivity index is 2.52. The Hall–Kier alpha value is -0.390. The van der Waals surface area contributed by atoms with Crippen molar-refractivity contribution >= 4 is 43.5 Å². The fourth-order valence-electron chi connectivity index (χ4n) is 1.79. The van der Waals surface area contributed by atoms with E-state index in [-0.39, 0.29) is 0 Å². The van der Waals surface area contributed by atoms with Gasteiger partial charge in [0.15, 0.2) is 5.82 Å². The Kier molecular flexibility index (Phi) is 4.81. The van der Waals surface area contributed by atoms with Gasteiger partial charge in [-0.1, -0.05) is 50.4 Å². The lowest BCUT2D eigenvalue weighted by atomic mass is 10.2. The minimum atomic E-state index is 0.686. The first-order valence-electron chi connectivity index (χ1n) is 5.60. The Morgan fingerprint density at radius 2 is 2.06 bits per heavy atom. The first-order valence-corrected chi connectivity index (χ1v) is 7.89. The molecule has 0 amide bonds. The van der Waals surface area contributed by atoms with Crippen molar-refractivity contribution in [1.82, 2.24) is 14.8 Å². The summed E-state index contributed by atoms with van der Waals surface area (Å²) in [5, 5.41) is 9.84. The standard InChI is InChI=1S/C12H12Br2ClN3/c1-2-3-18-11(7-13)16-17-12(18)8-4-9(14)6-10(15)5-8/h4-6H,2-3,7H2,1H3. The van der Waals surface area contributed by atoms with Gasteiger partial charge >= 0.3 is 0 Å². The summed E-state index contributed by atoms with van der Waals surface area (Å²) >= 11 is 13.0. The fourth-order valence-corrected chi connectivity index (χ4v) is 3.06. The maximum atomic E-state index is 6.07. The highest BCUT2D eigenvalue weighted by Gasteiger charge is 2.13. The molecule has 0 radical (unpaired) electrons. The van der Waals surface area contributed by atoms with Crippen LogP contribution in [0.1, 0.15) is 19.2 Å². The molecule has 96 valence electrons. The number of hydrogen-bond acceptors (Lipinski definition) is 2. The van der Waals surface area contributed by atoms with Gasteiger partial charge in [0.2, 0.25) is 0 Å². The van der Waals surface area contributed by atoms with Crippen LogP contribution in [0, 0.1) is 0 Å². The summed E-state index contributed by atoms with van der Waals surface area (Å²) in [4.78, 5) is 0. The monoisotopic (exact) mass is 391 g/mol. The summed E-state index contributed by atoms with van der Waals surface area (Å²) in [5.74, 6) is 1.79. The van der Waals surface area contributed by atoms with E-state index < -0.39 is 0 Å². The van der Waals surface area contributed by atoms with Crippen LogP contribution < -0.4 is 0 Å². The van der Waals surface area contributed by atoms with Crippen LogP contribution in [0.15, 0.2) is 22.7 Å². The lowest BCUT2D eigenvalue weighted by Crippen LogP contribution is -2.03. The summed E-state index contributed by atoms with van der Waals surface area (Å²) in [5.41, 5.74) is 0.975. The van der Waals surface area contributed by atoms with Crippen LogP contribution in [0.5, 0.6) is 0 Å². The fraction of sp³-hybridized carbons (Fsp3) is 0.333. The predicted molar refractivity (Wildman–Crippen MR) is 81.1 cm³/mol. The number of nitrogens with zero attached hydrogens (tertiary/aromatic N) is 3. The largest absolute Gasteiger partial charge is 0.310 e. The molecule has 2 rings (SSSR count). The Labute approximate surface area is 128 Å². The summed E-state index contributed by atoms with van der Waals surface area (Å²) in [7, 11) is 0. The molecule has 0 N–H and O–H groups in total. The maximum Gasteiger partial charge on any atom is 0.164 e. The van der Waals surface area contributed by atoms with Crippen molar-refractivity contribution in [3.63, 3.8) is 0 Å². The molecule has 0 bridgehead atoms. The third kappa shape index (κ3) is 2.95. The molecule has 0 atom stereocenters. The second-order valence-corrected chi connectivity index (χ2v) is 5.80. The number of hydrogen-bond donors (Lipinski definition) is 0. The molecule has 0 fully saturated rings. The average molecular weight is 394 g/mol. The van der Waals surface area contributed by atoms with E-state index in [0.29, 0.717) is 10.4 Å². The lowest BCUT2D eigenvalue weighted by molar-refractivity contribution is 0.661. The van der Waals surface area contributed by atoms with E-state index in [0.717, 1.165) is 34.7 Å². The predicted octanol–water partition coefficient (Wildman–Crippen LogP) is 4.67. The second kappa shape index (κ2) is 6.17. The first kappa shape index (κ1) is 14.0. The number of benzene rings is 1. The van der Waals surface area contributed by atoms with E-state index in [2.05, 4.69) is 53.5 Å². The van der Waals surface area contributed by atoms with E-state index >= 15 is 0 Å². The molecule has 1 aromatic carbocycles. The minimum Gasteiger partial charge on any atom is -0.310 e. The van der Waals surface area contributed by atoms with Crippen molar-refractivity contribution in [3.8, 4) is 11.4 Å². The quantitative estimate of drug-likeness (QED) is 0.707. The first-order chi connectivity index (χ1) is 8.65. The molecule has 0 aliphatic carbocycles. The zero-order valence-corrected chi connectivity index (χ0v) is 13.8. The highest BCUT2D eigenvalue weighted by molar-refractivity contribution is 9.10. The molecular weight excluding hydrogens is 381 g/mol. The van der Waals surface area contributed by atoms with Gasteiger partial charge in [-0.15, -0.1) is 10.2 Å². The highest BCUT2D eigenvalue weighted by Crippen LogP contribution is 2.27. The molecule has 18 heavy (non-hydrogen) atoms. The van der Waals surface area contributed by atoms with Gasteiger partial charge < -0.3 is 4.57 Å². The van der Waals surface area contributed by atoms with E-state index in [9.17, 15) is 0 Å². The molecule has 0 unspecified atom stereocenters. The van der Waals surface area contributed by atoms with Gasteiger partial charge in [-0.3, -0.25) is 0 Å². The highest BCUT2D eigenvalue weighted by atomic mass is 79.9. The lowest BCUT2D eigenvalue weighted by Gasteiger charge is -2.08. The third-order valence-corrected chi connectivity index (χ3v) is 3.69. The molecule has 3 nitrogen and oxygen atoms in total. The second-order valence-electron chi connectivity index (χ2n) is 3.88. The molecule has 1 heterocycles. The number of rotatable bonds is 4. The molecular formula is C12H12Br2ClN3. The normalized spacial score (nSPS) is 10.9. The van der Waals surface area contributed by atoms with Crippen molar-refractivity contribution in [2.75, 3.05) is 0 Å². The molecule has 1 aromatic heterocycles. The zero-order chi connectivity index (χ0) is 13.1. The van der Waals surface area contributed by atoms with Gasteiger partial charge in [0.1, 0.15) is 5.82 Å². The van der Waals surface area contributed by atoms with Crippen molar-refractivity contribution in [2.24, 2.45) is 0 Å². The molecule has 0 aliphatic rings. The van der Waals surface area contributed by atoms with Gasteiger partial charge in [0.25, 0.3) is 0 Å². The van der Waals surface area contributed by atoms with Crippen LogP contribution in [-0.2, 0) is 11.9 Å². The molecule has 0 spiro atoms. The Morgan fingerprint density at radius 3 is 2.67 bits per heavy atom. The van der Waals surface area contributed by atoms with E-state index in [1.54, 1.807) is 0 Å². The summed E-state index contributed by atoms with van der Waals surface area (Å²) in [6, 6.07) is 5.76. The zero-order valence-electron chi connectivity index (χ0n) is 9.83. The smallest absolute Gasteiger partial charge is 0.164 e. The molecule has 6 heteroatoms. The topological polar surface area (TPSA) is 30.7 Å². The number of halogens is 3. The molecule has 0 saturated heterocycles. The van der Waals surface area contributed by atoms with Gasteiger partial charge in [0.05, 0.1) is 5.33 Å². The van der Waals surface area contributed by atoms with E-state index in [1.807, 2.05) is 18.2 Å². The van der Waals surface area contributed by atoms with Crippen LogP contribution in [-0.4, -0.2) is 14.8 Å². The summed E-state index contributed by atoms with van der Waals surface area (Å²) in [6.45, 7) is 3.03. The number of aromatic nitrogens is 3. The van der Waals surface area contributed by atoms with Crippen LogP contribution >= 0.6 is 43.5 Å². The summed E-state index contributed by atoms with van der Waals surface area (Å²) < 4.78 is 3.06. The Morgan fingerprint density at radius 1 is 1.28 bits per heavy atom. The van der Waals surface area contributed by atoms with Crippen molar-refractivity contribution < 1.29 is 0 Å². The molecule has 2 aromatic rings.